The number of carbonyl (C=O) groups is 2. The molecule has 1 aliphatic rings. The predicted molar refractivity (Wildman–Crippen MR) is 78.4 cm³/mol. The molecular formula is C13H17ClN2O3S. The second-order valence-electron chi connectivity index (χ2n) is 4.53. The highest BCUT2D eigenvalue weighted by atomic mass is 35.5. The lowest BCUT2D eigenvalue weighted by molar-refractivity contribution is -0.149. The van der Waals surface area contributed by atoms with Crippen molar-refractivity contribution >= 4 is 34.8 Å². The van der Waals surface area contributed by atoms with Gasteiger partial charge in [0.2, 0.25) is 0 Å². The number of hydrogen-bond donors (Lipinski definition) is 1. The van der Waals surface area contributed by atoms with Gasteiger partial charge in [-0.3, -0.25) is 4.79 Å². The first-order valence-electron chi connectivity index (χ1n) is 6.48. The van der Waals surface area contributed by atoms with Crippen LogP contribution in [0, 0.1) is 6.92 Å². The van der Waals surface area contributed by atoms with Gasteiger partial charge in [-0.05, 0) is 24.8 Å². The van der Waals surface area contributed by atoms with E-state index in [4.69, 9.17) is 16.3 Å². The van der Waals surface area contributed by atoms with Crippen LogP contribution in [-0.2, 0) is 9.53 Å². The Labute approximate surface area is 126 Å². The number of halogens is 1. The van der Waals surface area contributed by atoms with Crippen molar-refractivity contribution in [3.05, 3.63) is 20.8 Å². The molecule has 0 aromatic carbocycles. The summed E-state index contributed by atoms with van der Waals surface area (Å²) in [6.07, 6.45) is 0. The van der Waals surface area contributed by atoms with Crippen molar-refractivity contribution in [1.82, 2.24) is 10.2 Å². The number of carbonyl (C=O) groups excluding carboxylic acids is 2. The van der Waals surface area contributed by atoms with Crippen LogP contribution in [0.4, 0.5) is 0 Å². The first kappa shape index (κ1) is 15.3. The Morgan fingerprint density at radius 2 is 2.35 bits per heavy atom. The quantitative estimate of drug-likeness (QED) is 0.862. The Kier molecular flexibility index (Phi) is 5.01. The molecule has 5 nitrogen and oxygen atoms in total. The molecule has 1 fully saturated rings. The number of nitrogens with zero attached hydrogens (tertiary/aromatic N) is 1. The van der Waals surface area contributed by atoms with E-state index in [0.29, 0.717) is 36.1 Å². The largest absolute Gasteiger partial charge is 0.464 e. The minimum atomic E-state index is -0.588. The molecule has 1 unspecified atom stereocenters. The van der Waals surface area contributed by atoms with Gasteiger partial charge < -0.3 is 15.0 Å². The van der Waals surface area contributed by atoms with Gasteiger partial charge in [-0.1, -0.05) is 11.6 Å². The van der Waals surface area contributed by atoms with Crippen LogP contribution in [0.5, 0.6) is 0 Å². The lowest BCUT2D eigenvalue weighted by Crippen LogP contribution is -2.57. The molecule has 0 radical (unpaired) electrons. The van der Waals surface area contributed by atoms with Gasteiger partial charge in [0.05, 0.1) is 11.6 Å². The van der Waals surface area contributed by atoms with Crippen LogP contribution in [-0.4, -0.2) is 49.1 Å². The van der Waals surface area contributed by atoms with Gasteiger partial charge in [-0.15, -0.1) is 11.3 Å². The van der Waals surface area contributed by atoms with E-state index < -0.39 is 6.04 Å². The molecule has 7 heteroatoms. The highest BCUT2D eigenvalue weighted by Gasteiger charge is 2.35. The first-order valence-corrected chi connectivity index (χ1v) is 7.74. The molecule has 0 saturated carbocycles. The summed E-state index contributed by atoms with van der Waals surface area (Å²) in [5.41, 5.74) is 0.878. The lowest BCUT2D eigenvalue weighted by atomic mass is 10.1. The van der Waals surface area contributed by atoms with Crippen LogP contribution in [0.3, 0.4) is 0 Å². The van der Waals surface area contributed by atoms with Crippen LogP contribution in [0.25, 0.3) is 0 Å². The standard InChI is InChI=1S/C13H17ClN2O3S/c1-3-19-13(18)9-6-15-4-5-16(9)12(17)11-10(14)8(2)7-20-11/h7,9,15H,3-6H2,1-2H3. The van der Waals surface area contributed by atoms with E-state index in [1.165, 1.54) is 11.3 Å². The molecule has 2 heterocycles. The van der Waals surface area contributed by atoms with Crippen molar-refractivity contribution in [3.63, 3.8) is 0 Å². The van der Waals surface area contributed by atoms with E-state index in [1.54, 1.807) is 11.8 Å². The molecule has 1 saturated heterocycles. The molecule has 1 aromatic heterocycles. The maximum absolute atomic E-state index is 12.6. The second kappa shape index (κ2) is 6.56. The van der Waals surface area contributed by atoms with Crippen molar-refractivity contribution in [2.45, 2.75) is 19.9 Å². The molecule has 1 amide bonds. The van der Waals surface area contributed by atoms with Gasteiger partial charge in [0.1, 0.15) is 10.9 Å². The number of ether oxygens (including phenoxy) is 1. The Morgan fingerprint density at radius 3 is 2.95 bits per heavy atom. The van der Waals surface area contributed by atoms with Crippen molar-refractivity contribution in [1.29, 1.82) is 0 Å². The predicted octanol–water partition coefficient (Wildman–Crippen LogP) is 1.69. The van der Waals surface area contributed by atoms with E-state index in [-0.39, 0.29) is 11.9 Å². The summed E-state index contributed by atoms with van der Waals surface area (Å²) < 4.78 is 5.03. The van der Waals surface area contributed by atoms with E-state index in [9.17, 15) is 9.59 Å². The van der Waals surface area contributed by atoms with E-state index in [0.717, 1.165) is 5.56 Å². The zero-order chi connectivity index (χ0) is 14.7. The lowest BCUT2D eigenvalue weighted by Gasteiger charge is -2.34. The highest BCUT2D eigenvalue weighted by Crippen LogP contribution is 2.29. The highest BCUT2D eigenvalue weighted by molar-refractivity contribution is 7.13. The number of hydrogen-bond acceptors (Lipinski definition) is 5. The van der Waals surface area contributed by atoms with E-state index >= 15 is 0 Å². The summed E-state index contributed by atoms with van der Waals surface area (Å²) in [5.74, 6) is -0.579. The summed E-state index contributed by atoms with van der Waals surface area (Å²) in [6.45, 7) is 5.44. The maximum atomic E-state index is 12.6. The van der Waals surface area contributed by atoms with Crippen molar-refractivity contribution in [2.24, 2.45) is 0 Å². The average molecular weight is 317 g/mol. The zero-order valence-corrected chi connectivity index (χ0v) is 13.0. The third-order valence-corrected chi connectivity index (χ3v) is 4.84. The summed E-state index contributed by atoms with van der Waals surface area (Å²) in [7, 11) is 0. The molecule has 0 bridgehead atoms. The van der Waals surface area contributed by atoms with Crippen LogP contribution in [0.15, 0.2) is 5.38 Å². The Hall–Kier alpha value is -1.11. The third kappa shape index (κ3) is 2.97. The molecule has 0 spiro atoms. The van der Waals surface area contributed by atoms with Gasteiger partial charge >= 0.3 is 5.97 Å². The van der Waals surface area contributed by atoms with Crippen LogP contribution < -0.4 is 5.32 Å². The van der Waals surface area contributed by atoms with Crippen molar-refractivity contribution < 1.29 is 14.3 Å². The minimum Gasteiger partial charge on any atom is -0.464 e. The summed E-state index contributed by atoms with van der Waals surface area (Å²) in [6, 6.07) is -0.588. The number of aryl methyl sites for hydroxylation is 1. The Balaban J connectivity index is 2.21. The molecule has 1 aliphatic heterocycles. The number of thiophene rings is 1. The number of rotatable bonds is 3. The van der Waals surface area contributed by atoms with Crippen LogP contribution >= 0.6 is 22.9 Å². The summed E-state index contributed by atoms with van der Waals surface area (Å²) >= 11 is 7.45. The zero-order valence-electron chi connectivity index (χ0n) is 11.4. The number of esters is 1. The van der Waals surface area contributed by atoms with Gasteiger partial charge in [-0.25, -0.2) is 4.79 Å². The topological polar surface area (TPSA) is 58.6 Å². The molecule has 1 aromatic rings. The fraction of sp³-hybridized carbons (Fsp3) is 0.538. The van der Waals surface area contributed by atoms with E-state index in [1.807, 2.05) is 12.3 Å². The molecule has 1 N–H and O–H groups in total. The molecular weight excluding hydrogens is 300 g/mol. The molecule has 20 heavy (non-hydrogen) atoms. The molecule has 1 atom stereocenters. The van der Waals surface area contributed by atoms with E-state index in [2.05, 4.69) is 5.32 Å². The molecule has 0 aliphatic carbocycles. The molecule has 110 valence electrons. The SMILES string of the molecule is CCOC(=O)C1CNCCN1C(=O)c1scc(C)c1Cl. The third-order valence-electron chi connectivity index (χ3n) is 3.16. The normalized spacial score (nSPS) is 18.9. The monoisotopic (exact) mass is 316 g/mol. The Bertz CT molecular complexity index is 518. The number of piperazine rings is 1. The van der Waals surface area contributed by atoms with Crippen molar-refractivity contribution in [2.75, 3.05) is 26.2 Å². The second-order valence-corrected chi connectivity index (χ2v) is 5.79. The van der Waals surface area contributed by atoms with Crippen molar-refractivity contribution in [3.8, 4) is 0 Å². The van der Waals surface area contributed by atoms with Gasteiger partial charge in [0.25, 0.3) is 5.91 Å². The summed E-state index contributed by atoms with van der Waals surface area (Å²) in [4.78, 5) is 26.6. The van der Waals surface area contributed by atoms with Crippen LogP contribution in [0.2, 0.25) is 5.02 Å². The summed E-state index contributed by atoms with van der Waals surface area (Å²) in [5, 5.41) is 5.42. The average Bonchev–Trinajstić information content (AvgIpc) is 2.78. The number of nitrogens with one attached hydrogen (secondary N) is 1. The minimum absolute atomic E-state index is 0.201. The fourth-order valence-corrected chi connectivity index (χ4v) is 3.33. The smallest absolute Gasteiger partial charge is 0.330 e. The van der Waals surface area contributed by atoms with Gasteiger partial charge in [0, 0.05) is 19.6 Å². The Morgan fingerprint density at radius 1 is 1.60 bits per heavy atom. The molecule has 2 rings (SSSR count). The first-order chi connectivity index (χ1) is 9.56. The van der Waals surface area contributed by atoms with Gasteiger partial charge in [0.15, 0.2) is 0 Å². The van der Waals surface area contributed by atoms with Crippen LogP contribution in [0.1, 0.15) is 22.2 Å². The van der Waals surface area contributed by atoms with Gasteiger partial charge in [-0.2, -0.15) is 0 Å². The maximum Gasteiger partial charge on any atom is 0.330 e. The fourth-order valence-electron chi connectivity index (χ4n) is 2.10. The number of amides is 1.